The zero-order chi connectivity index (χ0) is 13.1. The normalized spacial score (nSPS) is 12.2. The van der Waals surface area contributed by atoms with Gasteiger partial charge in [0.05, 0.1) is 6.04 Å². The topological polar surface area (TPSA) is 32.3 Å². The number of benzene rings is 2. The summed E-state index contributed by atoms with van der Waals surface area (Å²) in [6.45, 7) is 6.10. The first kappa shape index (κ1) is 12.5. The van der Waals surface area contributed by atoms with Crippen LogP contribution in [-0.4, -0.2) is 5.11 Å². The van der Waals surface area contributed by atoms with Gasteiger partial charge in [0.15, 0.2) is 0 Å². The van der Waals surface area contributed by atoms with Crippen molar-refractivity contribution in [3.63, 3.8) is 0 Å². The van der Waals surface area contributed by atoms with Crippen LogP contribution in [0.25, 0.3) is 0 Å². The number of nitrogens with one attached hydrogen (secondary N) is 1. The Labute approximate surface area is 108 Å². The summed E-state index contributed by atoms with van der Waals surface area (Å²) in [5.74, 6) is 0.351. The van der Waals surface area contributed by atoms with E-state index < -0.39 is 0 Å². The molecule has 2 nitrogen and oxygen atoms in total. The van der Waals surface area contributed by atoms with Gasteiger partial charge in [-0.15, -0.1) is 0 Å². The third-order valence-corrected chi connectivity index (χ3v) is 3.17. The monoisotopic (exact) mass is 241 g/mol. The summed E-state index contributed by atoms with van der Waals surface area (Å²) in [4.78, 5) is 0. The van der Waals surface area contributed by atoms with Gasteiger partial charge in [-0.3, -0.25) is 0 Å². The fourth-order valence-corrected chi connectivity index (χ4v) is 2.07. The van der Waals surface area contributed by atoms with Crippen LogP contribution < -0.4 is 5.32 Å². The van der Waals surface area contributed by atoms with Gasteiger partial charge in [-0.2, -0.15) is 0 Å². The lowest BCUT2D eigenvalue weighted by atomic mass is 10.0. The van der Waals surface area contributed by atoms with E-state index in [4.69, 9.17) is 0 Å². The molecule has 0 radical (unpaired) electrons. The highest BCUT2D eigenvalue weighted by Gasteiger charge is 2.10. The molecule has 0 heterocycles. The van der Waals surface area contributed by atoms with Crippen molar-refractivity contribution in [2.24, 2.45) is 0 Å². The number of aryl methyl sites for hydroxylation is 2. The molecule has 2 heteroatoms. The maximum absolute atomic E-state index is 9.97. The third-order valence-electron chi connectivity index (χ3n) is 3.17. The average molecular weight is 241 g/mol. The highest BCUT2D eigenvalue weighted by molar-refractivity contribution is 5.53. The second-order valence-corrected chi connectivity index (χ2v) is 4.74. The number of anilines is 1. The van der Waals surface area contributed by atoms with Crippen molar-refractivity contribution in [3.8, 4) is 5.75 Å². The van der Waals surface area contributed by atoms with Gasteiger partial charge in [0, 0.05) is 11.3 Å². The predicted molar refractivity (Wildman–Crippen MR) is 76.1 cm³/mol. The summed E-state index contributed by atoms with van der Waals surface area (Å²) in [6, 6.07) is 14.0. The molecule has 2 rings (SSSR count). The summed E-state index contributed by atoms with van der Waals surface area (Å²) in [6.07, 6.45) is 0. The van der Waals surface area contributed by atoms with E-state index in [-0.39, 0.29) is 6.04 Å². The van der Waals surface area contributed by atoms with Crippen LogP contribution in [0.5, 0.6) is 5.75 Å². The third kappa shape index (κ3) is 2.65. The van der Waals surface area contributed by atoms with Crippen molar-refractivity contribution in [2.75, 3.05) is 5.32 Å². The Morgan fingerprint density at radius 1 is 1.06 bits per heavy atom. The van der Waals surface area contributed by atoms with Crippen LogP contribution in [0.2, 0.25) is 0 Å². The Hall–Kier alpha value is -1.96. The summed E-state index contributed by atoms with van der Waals surface area (Å²) in [5.41, 5.74) is 4.30. The zero-order valence-electron chi connectivity index (χ0n) is 11.1. The number of hydrogen-bond acceptors (Lipinski definition) is 2. The Kier molecular flexibility index (Phi) is 3.56. The van der Waals surface area contributed by atoms with E-state index in [1.165, 1.54) is 5.56 Å². The smallest absolute Gasteiger partial charge is 0.121 e. The highest BCUT2D eigenvalue weighted by Crippen LogP contribution is 2.28. The number of hydrogen-bond donors (Lipinski definition) is 2. The molecular weight excluding hydrogens is 222 g/mol. The maximum atomic E-state index is 9.97. The van der Waals surface area contributed by atoms with Crippen LogP contribution in [-0.2, 0) is 0 Å². The largest absolute Gasteiger partial charge is 0.508 e. The summed E-state index contributed by atoms with van der Waals surface area (Å²) >= 11 is 0. The lowest BCUT2D eigenvalue weighted by molar-refractivity contribution is 0.465. The highest BCUT2D eigenvalue weighted by atomic mass is 16.3. The lowest BCUT2D eigenvalue weighted by Gasteiger charge is -2.18. The first-order valence-electron chi connectivity index (χ1n) is 6.19. The molecular formula is C16H19NO. The zero-order valence-corrected chi connectivity index (χ0v) is 11.1. The van der Waals surface area contributed by atoms with Gasteiger partial charge in [-0.1, -0.05) is 30.3 Å². The summed E-state index contributed by atoms with van der Waals surface area (Å²) in [5, 5.41) is 13.4. The average Bonchev–Trinajstić information content (AvgIpc) is 2.32. The number of para-hydroxylation sites is 1. The SMILES string of the molecule is Cc1ccc(C(C)Nc2ccccc2C)c(O)c1. The summed E-state index contributed by atoms with van der Waals surface area (Å²) in [7, 11) is 0. The van der Waals surface area contributed by atoms with E-state index >= 15 is 0 Å². The molecule has 2 aromatic rings. The molecule has 0 aromatic heterocycles. The fourth-order valence-electron chi connectivity index (χ4n) is 2.07. The number of phenolic OH excluding ortho intramolecular Hbond substituents is 1. The van der Waals surface area contributed by atoms with Gasteiger partial charge in [-0.25, -0.2) is 0 Å². The van der Waals surface area contributed by atoms with Crippen molar-refractivity contribution < 1.29 is 5.11 Å². The van der Waals surface area contributed by atoms with Gasteiger partial charge in [0.25, 0.3) is 0 Å². The number of aromatic hydroxyl groups is 1. The molecule has 94 valence electrons. The minimum Gasteiger partial charge on any atom is -0.508 e. The van der Waals surface area contributed by atoms with Crippen LogP contribution in [0.3, 0.4) is 0 Å². The quantitative estimate of drug-likeness (QED) is 0.844. The van der Waals surface area contributed by atoms with Crippen molar-refractivity contribution in [3.05, 3.63) is 59.2 Å². The fraction of sp³-hybridized carbons (Fsp3) is 0.250. The maximum Gasteiger partial charge on any atom is 0.121 e. The standard InChI is InChI=1S/C16H19NO/c1-11-8-9-14(16(18)10-11)13(3)17-15-7-5-4-6-12(15)2/h4-10,13,17-18H,1-3H3. The minimum absolute atomic E-state index is 0.0756. The molecule has 0 aliphatic carbocycles. The molecule has 2 N–H and O–H groups in total. The minimum atomic E-state index is 0.0756. The second-order valence-electron chi connectivity index (χ2n) is 4.74. The Bertz CT molecular complexity index is 549. The van der Waals surface area contributed by atoms with Gasteiger partial charge in [-0.05, 0) is 44.0 Å². The Morgan fingerprint density at radius 3 is 2.44 bits per heavy atom. The van der Waals surface area contributed by atoms with E-state index in [0.717, 1.165) is 16.8 Å². The molecule has 1 atom stereocenters. The van der Waals surface area contributed by atoms with Crippen molar-refractivity contribution >= 4 is 5.69 Å². The molecule has 0 fully saturated rings. The van der Waals surface area contributed by atoms with E-state index in [9.17, 15) is 5.11 Å². The van der Waals surface area contributed by atoms with E-state index in [1.54, 1.807) is 6.07 Å². The molecule has 0 aliphatic rings. The van der Waals surface area contributed by atoms with Crippen LogP contribution in [0, 0.1) is 13.8 Å². The molecule has 18 heavy (non-hydrogen) atoms. The molecule has 0 bridgehead atoms. The van der Waals surface area contributed by atoms with E-state index in [1.807, 2.05) is 31.2 Å². The number of phenols is 1. The second kappa shape index (κ2) is 5.13. The van der Waals surface area contributed by atoms with Crippen LogP contribution in [0.1, 0.15) is 29.7 Å². The van der Waals surface area contributed by atoms with Gasteiger partial charge < -0.3 is 10.4 Å². The molecule has 0 saturated heterocycles. The van der Waals surface area contributed by atoms with Gasteiger partial charge in [0.1, 0.15) is 5.75 Å². The first-order chi connectivity index (χ1) is 8.58. The van der Waals surface area contributed by atoms with Crippen LogP contribution in [0.15, 0.2) is 42.5 Å². The molecule has 0 spiro atoms. The van der Waals surface area contributed by atoms with Crippen molar-refractivity contribution in [2.45, 2.75) is 26.8 Å². The molecule has 2 aromatic carbocycles. The first-order valence-corrected chi connectivity index (χ1v) is 6.19. The molecule has 0 saturated carbocycles. The van der Waals surface area contributed by atoms with Crippen LogP contribution >= 0.6 is 0 Å². The lowest BCUT2D eigenvalue weighted by Crippen LogP contribution is -2.07. The molecule has 1 unspecified atom stereocenters. The Balaban J connectivity index is 2.22. The van der Waals surface area contributed by atoms with Crippen molar-refractivity contribution in [1.29, 1.82) is 0 Å². The Morgan fingerprint density at radius 2 is 1.78 bits per heavy atom. The number of rotatable bonds is 3. The van der Waals surface area contributed by atoms with E-state index in [2.05, 4.69) is 31.3 Å². The molecule has 0 aliphatic heterocycles. The van der Waals surface area contributed by atoms with Gasteiger partial charge in [0.2, 0.25) is 0 Å². The predicted octanol–water partition coefficient (Wildman–Crippen LogP) is 4.18. The molecule has 0 amide bonds. The van der Waals surface area contributed by atoms with Crippen LogP contribution in [0.4, 0.5) is 5.69 Å². The van der Waals surface area contributed by atoms with Gasteiger partial charge >= 0.3 is 0 Å². The summed E-state index contributed by atoms with van der Waals surface area (Å²) < 4.78 is 0. The van der Waals surface area contributed by atoms with Crippen molar-refractivity contribution in [1.82, 2.24) is 0 Å². The van der Waals surface area contributed by atoms with E-state index in [0.29, 0.717) is 5.75 Å².